The number of rotatable bonds is 10. The first kappa shape index (κ1) is 30.5. The Kier molecular flexibility index (Phi) is 8.30. The first-order valence-corrected chi connectivity index (χ1v) is 15.5. The Morgan fingerprint density at radius 3 is 2.39 bits per heavy atom. The van der Waals surface area contributed by atoms with Crippen LogP contribution in [0.15, 0.2) is 88.7 Å². The number of ether oxygens (including phenoxy) is 1. The molecule has 0 fully saturated rings. The maximum atomic E-state index is 13.8. The van der Waals surface area contributed by atoms with Crippen LogP contribution in [0, 0.1) is 5.41 Å². The zero-order chi connectivity index (χ0) is 31.6. The average molecular weight is 638 g/mol. The van der Waals surface area contributed by atoms with Gasteiger partial charge in [-0.2, -0.15) is 0 Å². The number of aromatic nitrogens is 5. The van der Waals surface area contributed by atoms with Gasteiger partial charge in [0.25, 0.3) is 5.56 Å². The predicted molar refractivity (Wildman–Crippen MR) is 165 cm³/mol. The van der Waals surface area contributed by atoms with Crippen molar-refractivity contribution < 1.29 is 17.9 Å². The van der Waals surface area contributed by atoms with E-state index in [1.165, 1.54) is 24.5 Å². The maximum absolute atomic E-state index is 13.8. The predicted octanol–water partition coefficient (Wildman–Crippen LogP) is 3.39. The van der Waals surface area contributed by atoms with Crippen molar-refractivity contribution in [1.29, 1.82) is 0 Å². The molecule has 2 N–H and O–H groups in total. The van der Waals surface area contributed by atoms with E-state index in [1.807, 2.05) is 4.72 Å². The molecule has 0 aliphatic heterocycles. The van der Waals surface area contributed by atoms with Crippen LogP contribution in [0.5, 0.6) is 11.6 Å². The Labute approximate surface area is 256 Å². The lowest BCUT2D eigenvalue weighted by Gasteiger charge is -2.24. The molecule has 0 saturated carbocycles. The Balaban J connectivity index is 1.45. The van der Waals surface area contributed by atoms with Crippen molar-refractivity contribution in [2.45, 2.75) is 26.9 Å². The van der Waals surface area contributed by atoms with Gasteiger partial charge in [-0.05, 0) is 61.9 Å². The molecule has 228 valence electrons. The van der Waals surface area contributed by atoms with E-state index in [1.54, 1.807) is 77.6 Å². The third-order valence-electron chi connectivity index (χ3n) is 6.56. The van der Waals surface area contributed by atoms with Crippen molar-refractivity contribution in [3.05, 3.63) is 111 Å². The number of amides is 1. The molecule has 0 unspecified atom stereocenters. The third-order valence-corrected chi connectivity index (χ3v) is 7.37. The number of sulfonamides is 1. The van der Waals surface area contributed by atoms with Gasteiger partial charge in [-0.25, -0.2) is 22.7 Å². The highest BCUT2D eigenvalue weighted by molar-refractivity contribution is 7.89. The summed E-state index contributed by atoms with van der Waals surface area (Å²) in [6, 6.07) is 18.4. The molecule has 5 aromatic rings. The summed E-state index contributed by atoms with van der Waals surface area (Å²) in [6.07, 6.45) is 4.19. The van der Waals surface area contributed by atoms with Crippen molar-refractivity contribution in [2.24, 2.45) is 5.41 Å². The summed E-state index contributed by atoms with van der Waals surface area (Å²) in [4.78, 5) is 43.8. The fourth-order valence-corrected chi connectivity index (χ4v) is 5.03. The van der Waals surface area contributed by atoms with Crippen molar-refractivity contribution in [1.82, 2.24) is 28.5 Å². The van der Waals surface area contributed by atoms with Crippen LogP contribution in [-0.4, -0.2) is 44.3 Å². The minimum absolute atomic E-state index is 0.0676. The van der Waals surface area contributed by atoms with Crippen LogP contribution in [0.2, 0.25) is 5.02 Å². The molecule has 3 aromatic heterocycles. The Morgan fingerprint density at radius 1 is 1.00 bits per heavy atom. The zero-order valence-corrected chi connectivity index (χ0v) is 25.5. The molecule has 0 spiro atoms. The van der Waals surface area contributed by atoms with Crippen molar-refractivity contribution in [3.8, 4) is 11.6 Å². The summed E-state index contributed by atoms with van der Waals surface area (Å²) < 4.78 is 34.9. The van der Waals surface area contributed by atoms with Crippen LogP contribution in [0.1, 0.15) is 19.4 Å². The number of nitrogens with one attached hydrogen (secondary N) is 2. The largest absolute Gasteiger partial charge is 0.438 e. The number of benzene rings is 2. The molecule has 13 nitrogen and oxygen atoms in total. The lowest BCUT2D eigenvalue weighted by molar-refractivity contribution is -0.128. The quantitative estimate of drug-likeness (QED) is 0.234. The number of imidazole rings is 1. The molecule has 0 aliphatic rings. The minimum atomic E-state index is -3.85. The van der Waals surface area contributed by atoms with Gasteiger partial charge in [-0.3, -0.25) is 23.4 Å². The number of halogens is 1. The molecule has 5 rings (SSSR count). The molecule has 0 saturated heterocycles. The second kappa shape index (κ2) is 12.0. The topological polar surface area (TPSA) is 159 Å². The minimum Gasteiger partial charge on any atom is -0.438 e. The van der Waals surface area contributed by atoms with Gasteiger partial charge in [0.1, 0.15) is 11.6 Å². The maximum Gasteiger partial charge on any atom is 0.332 e. The molecule has 0 bridgehead atoms. The van der Waals surface area contributed by atoms with E-state index in [9.17, 15) is 22.8 Å². The van der Waals surface area contributed by atoms with E-state index in [-0.39, 0.29) is 18.9 Å². The van der Waals surface area contributed by atoms with Crippen molar-refractivity contribution in [3.63, 3.8) is 0 Å². The highest BCUT2D eigenvalue weighted by Crippen LogP contribution is 2.24. The zero-order valence-electron chi connectivity index (χ0n) is 23.9. The van der Waals surface area contributed by atoms with Crippen molar-refractivity contribution >= 4 is 44.7 Å². The lowest BCUT2D eigenvalue weighted by Crippen LogP contribution is -2.48. The van der Waals surface area contributed by atoms with Gasteiger partial charge < -0.3 is 10.1 Å². The van der Waals surface area contributed by atoms with E-state index in [0.29, 0.717) is 28.0 Å². The second-order valence-electron chi connectivity index (χ2n) is 10.7. The molecule has 2 aromatic carbocycles. The highest BCUT2D eigenvalue weighted by Gasteiger charge is 2.32. The summed E-state index contributed by atoms with van der Waals surface area (Å²) in [5.74, 6) is 0.224. The molecular weight excluding hydrogens is 610 g/mol. The molecule has 3 heterocycles. The van der Waals surface area contributed by atoms with Gasteiger partial charge in [0, 0.05) is 41.8 Å². The van der Waals surface area contributed by atoms with Gasteiger partial charge in [-0.15, -0.1) is 5.10 Å². The van der Waals surface area contributed by atoms with Crippen molar-refractivity contribution in [2.75, 3.05) is 11.6 Å². The van der Waals surface area contributed by atoms with Gasteiger partial charge >= 0.3 is 5.69 Å². The molecular formula is C29H28ClN7O6S. The normalized spacial score (nSPS) is 11.8. The molecule has 1 amide bonds. The van der Waals surface area contributed by atoms with Crippen LogP contribution in [0.4, 0.5) is 11.5 Å². The molecule has 0 radical (unpaired) electrons. The van der Waals surface area contributed by atoms with Crippen LogP contribution in [-0.2, 0) is 27.9 Å². The third kappa shape index (κ3) is 7.15. The monoisotopic (exact) mass is 637 g/mol. The fourth-order valence-electron chi connectivity index (χ4n) is 4.29. The van der Waals surface area contributed by atoms with E-state index in [0.717, 1.165) is 16.4 Å². The smallest absolute Gasteiger partial charge is 0.332 e. The van der Waals surface area contributed by atoms with E-state index in [4.69, 9.17) is 16.3 Å². The highest BCUT2D eigenvalue weighted by atomic mass is 35.5. The van der Waals surface area contributed by atoms with Gasteiger partial charge in [0.05, 0.1) is 18.2 Å². The Bertz CT molecular complexity index is 2070. The summed E-state index contributed by atoms with van der Waals surface area (Å²) in [6.45, 7) is 2.60. The fraction of sp³-hybridized carbons (Fsp3) is 0.207. The average Bonchev–Trinajstić information content (AvgIpc) is 3.42. The Morgan fingerprint density at radius 2 is 1.70 bits per heavy atom. The number of carbonyl (C=O) groups excluding carboxylic acids is 1. The number of nitrogens with zero attached hydrogens (tertiary/aromatic N) is 5. The number of carbonyl (C=O) groups is 1. The van der Waals surface area contributed by atoms with E-state index >= 15 is 0 Å². The number of hydrogen-bond donors (Lipinski definition) is 2. The number of anilines is 2. The number of hydrogen-bond acceptors (Lipinski definition) is 9. The standard InChI is InChI=1S/C29H28ClN7O6S/c1-29(2,27(39)34-44(3,41)42)18-36-26(38)16-24(35(28(36)40)17-19-4-6-20(30)7-5-19)32-21-8-10-22(11-9-21)43-25-13-12-23-31-14-15-37(23)33-25/h4-16,32H,17-18H2,1-3H3,(H,34,39). The summed E-state index contributed by atoms with van der Waals surface area (Å²) in [5.41, 5.74) is -0.812. The molecule has 44 heavy (non-hydrogen) atoms. The second-order valence-corrected chi connectivity index (χ2v) is 12.9. The van der Waals surface area contributed by atoms with E-state index < -0.39 is 32.6 Å². The van der Waals surface area contributed by atoms with Gasteiger partial charge in [0.2, 0.25) is 21.8 Å². The lowest BCUT2D eigenvalue weighted by atomic mass is 9.92. The summed E-state index contributed by atoms with van der Waals surface area (Å²) in [5, 5.41) is 7.98. The van der Waals surface area contributed by atoms with Gasteiger partial charge in [0.15, 0.2) is 5.65 Å². The first-order valence-electron chi connectivity index (χ1n) is 13.2. The summed E-state index contributed by atoms with van der Waals surface area (Å²) >= 11 is 6.04. The summed E-state index contributed by atoms with van der Waals surface area (Å²) in [7, 11) is -3.85. The number of fused-ring (bicyclic) bond motifs is 1. The van der Waals surface area contributed by atoms with Crippen LogP contribution in [0.3, 0.4) is 0 Å². The van der Waals surface area contributed by atoms with Crippen LogP contribution >= 0.6 is 11.6 Å². The van der Waals surface area contributed by atoms with Crippen LogP contribution < -0.4 is 26.0 Å². The molecule has 0 aliphatic carbocycles. The van der Waals surface area contributed by atoms with Crippen LogP contribution in [0.25, 0.3) is 5.65 Å². The Hall–Kier alpha value is -4.95. The molecule has 15 heteroatoms. The van der Waals surface area contributed by atoms with Gasteiger partial charge in [-0.1, -0.05) is 23.7 Å². The van der Waals surface area contributed by atoms with E-state index in [2.05, 4.69) is 15.4 Å². The SMILES string of the molecule is CC(C)(Cn1c(=O)cc(Nc2ccc(Oc3ccc4nccn4n3)cc2)n(Cc2ccc(Cl)cc2)c1=O)C(=O)NS(C)(=O)=O. The first-order chi connectivity index (χ1) is 20.8. The molecule has 0 atom stereocenters.